The maximum Gasteiger partial charge on any atom is 0.326 e. The van der Waals surface area contributed by atoms with Crippen LogP contribution in [-0.2, 0) is 30.8 Å². The first-order valence-electron chi connectivity index (χ1n) is 13.7. The van der Waals surface area contributed by atoms with Crippen molar-refractivity contribution in [1.29, 1.82) is 5.41 Å². The predicted octanol–water partition coefficient (Wildman–Crippen LogP) is 1.27. The van der Waals surface area contributed by atoms with Crippen LogP contribution >= 0.6 is 0 Å². The molecule has 1 unspecified atom stereocenters. The summed E-state index contributed by atoms with van der Waals surface area (Å²) in [5.74, 6) is -2.03. The van der Waals surface area contributed by atoms with E-state index in [0.717, 1.165) is 17.1 Å². The van der Waals surface area contributed by atoms with Crippen LogP contribution in [0.5, 0.6) is 0 Å². The van der Waals surface area contributed by atoms with Gasteiger partial charge in [0.15, 0.2) is 5.96 Å². The quantitative estimate of drug-likeness (QED) is 0.140. The average molecular weight is 585 g/mol. The van der Waals surface area contributed by atoms with Gasteiger partial charge in [0.2, 0.25) is 21.8 Å². The van der Waals surface area contributed by atoms with Gasteiger partial charge in [-0.15, -0.1) is 0 Å². The van der Waals surface area contributed by atoms with Crippen molar-refractivity contribution in [2.45, 2.75) is 55.5 Å². The summed E-state index contributed by atoms with van der Waals surface area (Å²) in [5.41, 5.74) is 6.65. The van der Waals surface area contributed by atoms with Gasteiger partial charge in [0.05, 0.1) is 4.90 Å². The van der Waals surface area contributed by atoms with Gasteiger partial charge in [0.1, 0.15) is 12.1 Å². The van der Waals surface area contributed by atoms with Crippen LogP contribution in [0.2, 0.25) is 0 Å². The van der Waals surface area contributed by atoms with Gasteiger partial charge < -0.3 is 26.4 Å². The molecule has 0 radical (unpaired) electrons. The number of nitrogens with zero attached hydrogens (tertiary/aromatic N) is 2. The van der Waals surface area contributed by atoms with Crippen molar-refractivity contribution in [3.8, 4) is 0 Å². The number of anilines is 1. The van der Waals surface area contributed by atoms with E-state index in [-0.39, 0.29) is 35.6 Å². The Balaban J connectivity index is 1.36. The zero-order valence-electron chi connectivity index (χ0n) is 22.7. The van der Waals surface area contributed by atoms with E-state index in [0.29, 0.717) is 43.6 Å². The van der Waals surface area contributed by atoms with E-state index in [9.17, 15) is 27.9 Å². The molecule has 12 nitrogen and oxygen atoms in total. The zero-order chi connectivity index (χ0) is 29.6. The van der Waals surface area contributed by atoms with Gasteiger partial charge in [-0.05, 0) is 61.9 Å². The molecule has 3 atom stereocenters. The minimum Gasteiger partial charge on any atom is -0.480 e. The molecule has 2 aromatic carbocycles. The molecule has 4 rings (SSSR count). The number of hydrogen-bond donors (Lipinski definition) is 5. The van der Waals surface area contributed by atoms with Crippen molar-refractivity contribution in [1.82, 2.24) is 14.9 Å². The van der Waals surface area contributed by atoms with Gasteiger partial charge in [-0.1, -0.05) is 30.3 Å². The fraction of sp³-hybridized carbons (Fsp3) is 0.429. The normalized spacial score (nSPS) is 20.1. The molecule has 2 amide bonds. The maximum atomic E-state index is 13.1. The molecule has 6 N–H and O–H groups in total. The first kappa shape index (κ1) is 30.0. The number of nitrogens with two attached hydrogens (primary N) is 1. The van der Waals surface area contributed by atoms with Crippen molar-refractivity contribution in [2.24, 2.45) is 11.7 Å². The third-order valence-electron chi connectivity index (χ3n) is 7.52. The van der Waals surface area contributed by atoms with Gasteiger partial charge >= 0.3 is 5.97 Å². The number of nitrogens with one attached hydrogen (secondary N) is 3. The van der Waals surface area contributed by atoms with E-state index >= 15 is 0 Å². The molecular formula is C28H36N6O6S. The van der Waals surface area contributed by atoms with Crippen molar-refractivity contribution in [3.63, 3.8) is 0 Å². The molecule has 2 aromatic rings. The molecule has 2 fully saturated rings. The average Bonchev–Trinajstić information content (AvgIpc) is 3.59. The van der Waals surface area contributed by atoms with Gasteiger partial charge in [-0.25, -0.2) is 13.2 Å². The van der Waals surface area contributed by atoms with Crippen LogP contribution in [0, 0.1) is 11.3 Å². The van der Waals surface area contributed by atoms with Gasteiger partial charge in [-0.3, -0.25) is 15.0 Å². The number of benzene rings is 2. The van der Waals surface area contributed by atoms with Crippen LogP contribution in [0.4, 0.5) is 5.69 Å². The molecule has 0 aromatic heterocycles. The largest absolute Gasteiger partial charge is 0.480 e. The molecule has 13 heteroatoms. The molecule has 41 heavy (non-hydrogen) atoms. The highest BCUT2D eigenvalue weighted by Crippen LogP contribution is 2.29. The second kappa shape index (κ2) is 13.1. The lowest BCUT2D eigenvalue weighted by Crippen LogP contribution is -2.51. The number of guanidine groups is 1. The lowest BCUT2D eigenvalue weighted by molar-refractivity contribution is -0.142. The van der Waals surface area contributed by atoms with Crippen LogP contribution in [0.15, 0.2) is 59.5 Å². The summed E-state index contributed by atoms with van der Waals surface area (Å²) in [6, 6.07) is 12.6. The molecule has 0 saturated carbocycles. The van der Waals surface area contributed by atoms with Crippen molar-refractivity contribution in [2.75, 3.05) is 24.5 Å². The summed E-state index contributed by atoms with van der Waals surface area (Å²) < 4.78 is 27.4. The Bertz CT molecular complexity index is 1370. The highest BCUT2D eigenvalue weighted by molar-refractivity contribution is 7.89. The maximum absolute atomic E-state index is 13.1. The second-order valence-corrected chi connectivity index (χ2v) is 12.2. The summed E-state index contributed by atoms with van der Waals surface area (Å²) in [4.78, 5) is 39.8. The molecule has 2 aliphatic heterocycles. The number of sulfonamides is 1. The van der Waals surface area contributed by atoms with Crippen LogP contribution < -0.4 is 21.3 Å². The van der Waals surface area contributed by atoms with E-state index in [1.165, 1.54) is 12.1 Å². The number of hydrogen-bond acceptors (Lipinski definition) is 6. The van der Waals surface area contributed by atoms with Crippen molar-refractivity contribution < 1.29 is 27.9 Å². The highest BCUT2D eigenvalue weighted by atomic mass is 32.2. The minimum atomic E-state index is -3.90. The zero-order valence-corrected chi connectivity index (χ0v) is 23.5. The van der Waals surface area contributed by atoms with Gasteiger partial charge in [0, 0.05) is 37.7 Å². The SMILES string of the molecule is N=C(N)NCCCC1CCN(c2ccc(C[C@H](NC(=O)[C@@H]3CCCN3S(=O)(=O)c3ccccc3)C(=O)O)cc2)C1=O. The van der Waals surface area contributed by atoms with E-state index in [1.54, 1.807) is 47.4 Å². The summed E-state index contributed by atoms with van der Waals surface area (Å²) in [7, 11) is -3.90. The lowest BCUT2D eigenvalue weighted by Gasteiger charge is -2.25. The highest BCUT2D eigenvalue weighted by Gasteiger charge is 2.40. The fourth-order valence-corrected chi connectivity index (χ4v) is 7.05. The van der Waals surface area contributed by atoms with Crippen LogP contribution in [-0.4, -0.2) is 73.3 Å². The molecule has 0 bridgehead atoms. The Kier molecular flexibility index (Phi) is 9.61. The molecule has 0 aliphatic carbocycles. The van der Waals surface area contributed by atoms with E-state index < -0.39 is 34.0 Å². The topological polar surface area (TPSA) is 186 Å². The Morgan fingerprint density at radius 2 is 1.78 bits per heavy atom. The number of carboxylic acids is 1. The molecule has 220 valence electrons. The number of carbonyl (C=O) groups is 3. The molecular weight excluding hydrogens is 548 g/mol. The minimum absolute atomic E-state index is 0.000765. The van der Waals surface area contributed by atoms with Crippen LogP contribution in [0.25, 0.3) is 0 Å². The monoisotopic (exact) mass is 584 g/mol. The number of amides is 2. The summed E-state index contributed by atoms with van der Waals surface area (Å²) in [6.45, 7) is 1.30. The predicted molar refractivity (Wildman–Crippen MR) is 153 cm³/mol. The Morgan fingerprint density at radius 3 is 2.44 bits per heavy atom. The summed E-state index contributed by atoms with van der Waals surface area (Å²) >= 11 is 0. The third-order valence-corrected chi connectivity index (χ3v) is 9.44. The lowest BCUT2D eigenvalue weighted by atomic mass is 10.0. The smallest absolute Gasteiger partial charge is 0.326 e. The van der Waals surface area contributed by atoms with Gasteiger partial charge in [-0.2, -0.15) is 4.31 Å². The molecule has 2 saturated heterocycles. The second-order valence-electron chi connectivity index (χ2n) is 10.3. The van der Waals surface area contributed by atoms with Crippen molar-refractivity contribution >= 4 is 39.5 Å². The van der Waals surface area contributed by atoms with Gasteiger partial charge in [0.25, 0.3) is 0 Å². The Hall–Kier alpha value is -3.97. The first-order chi connectivity index (χ1) is 19.6. The summed E-state index contributed by atoms with van der Waals surface area (Å²) in [5, 5.41) is 22.3. The number of aliphatic carboxylic acids is 1. The Labute approximate surface area is 239 Å². The van der Waals surface area contributed by atoms with Crippen molar-refractivity contribution in [3.05, 3.63) is 60.2 Å². The van der Waals surface area contributed by atoms with E-state index in [4.69, 9.17) is 11.1 Å². The number of carbonyl (C=O) groups excluding carboxylic acids is 2. The molecule has 2 aliphatic rings. The van der Waals surface area contributed by atoms with E-state index in [2.05, 4.69) is 10.6 Å². The molecule has 2 heterocycles. The standard InChI is InChI=1S/C28H36N6O6S/c29-28(30)31-15-4-6-20-14-17-33(26(20)36)21-12-10-19(11-13-21)18-23(27(37)38)32-25(35)24-9-5-16-34(24)41(39,40)22-7-2-1-3-8-22/h1-3,7-8,10-13,20,23-24H,4-6,9,14-18H2,(H,32,35)(H,37,38)(H4,29,30,31)/t20?,23-,24-/m0/s1. The number of carboxylic acid groups (broad SMARTS) is 1. The third kappa shape index (κ3) is 7.22. The van der Waals surface area contributed by atoms with E-state index in [1.807, 2.05) is 0 Å². The summed E-state index contributed by atoms with van der Waals surface area (Å²) in [6.07, 6.45) is 2.94. The van der Waals surface area contributed by atoms with Crippen LogP contribution in [0.3, 0.4) is 0 Å². The number of rotatable bonds is 12. The van der Waals surface area contributed by atoms with Crippen LogP contribution in [0.1, 0.15) is 37.7 Å². The fourth-order valence-electron chi connectivity index (χ4n) is 5.37. The Morgan fingerprint density at radius 1 is 1.07 bits per heavy atom. The molecule has 0 spiro atoms. The first-order valence-corrected chi connectivity index (χ1v) is 15.1.